The number of methoxy groups -OCH3 is 1. The van der Waals surface area contributed by atoms with Gasteiger partial charge in [-0.25, -0.2) is 0 Å². The van der Waals surface area contributed by atoms with E-state index in [0.717, 1.165) is 11.3 Å². The van der Waals surface area contributed by atoms with Crippen LogP contribution in [0.15, 0.2) is 29.4 Å². The topological polar surface area (TPSA) is 51.0 Å². The summed E-state index contributed by atoms with van der Waals surface area (Å²) in [5, 5.41) is 12.3. The van der Waals surface area contributed by atoms with E-state index in [1.165, 1.54) is 0 Å². The first-order chi connectivity index (χ1) is 8.06. The third kappa shape index (κ3) is 2.26. The van der Waals surface area contributed by atoms with Gasteiger partial charge in [0, 0.05) is 6.42 Å². The van der Waals surface area contributed by atoms with Crippen LogP contribution in [0.25, 0.3) is 0 Å². The molecule has 1 N–H and O–H groups in total. The van der Waals surface area contributed by atoms with Gasteiger partial charge in [-0.1, -0.05) is 17.3 Å². The van der Waals surface area contributed by atoms with Crippen molar-refractivity contribution < 1.29 is 14.7 Å². The normalized spacial score (nSPS) is 25.1. The van der Waals surface area contributed by atoms with Gasteiger partial charge >= 0.3 is 0 Å². The Morgan fingerprint density at radius 2 is 2.00 bits per heavy atom. The molecular weight excluding hydrogens is 218 g/mol. The van der Waals surface area contributed by atoms with Crippen LogP contribution in [0, 0.1) is 0 Å². The molecule has 0 saturated carbocycles. The van der Waals surface area contributed by atoms with Crippen molar-refractivity contribution in [2.75, 3.05) is 7.11 Å². The van der Waals surface area contributed by atoms with E-state index in [4.69, 9.17) is 14.7 Å². The summed E-state index contributed by atoms with van der Waals surface area (Å²) in [5.74, 6) is 0.821. The summed E-state index contributed by atoms with van der Waals surface area (Å²) in [4.78, 5) is 0. The molecule has 0 spiro atoms. The number of benzene rings is 1. The zero-order valence-electron chi connectivity index (χ0n) is 10.3. The van der Waals surface area contributed by atoms with Crippen LogP contribution in [0.3, 0.4) is 0 Å². The fourth-order valence-electron chi connectivity index (χ4n) is 2.05. The van der Waals surface area contributed by atoms with Gasteiger partial charge in [-0.15, -0.1) is 0 Å². The summed E-state index contributed by atoms with van der Waals surface area (Å²) in [7, 11) is 1.64. The maximum absolute atomic E-state index is 8.94. The molecule has 1 aromatic carbocycles. The lowest BCUT2D eigenvalue weighted by Gasteiger charge is -2.19. The Morgan fingerprint density at radius 3 is 2.47 bits per heavy atom. The highest BCUT2D eigenvalue weighted by atomic mass is 16.5. The lowest BCUT2D eigenvalue weighted by Crippen LogP contribution is -2.27. The summed E-state index contributed by atoms with van der Waals surface area (Å²) >= 11 is 0. The first-order valence-electron chi connectivity index (χ1n) is 5.60. The van der Waals surface area contributed by atoms with Gasteiger partial charge in [0.15, 0.2) is 0 Å². The summed E-state index contributed by atoms with van der Waals surface area (Å²) < 4.78 is 11.0. The molecular formula is C13H17NO3. The number of hydrogen-bond acceptors (Lipinski definition) is 4. The Bertz CT molecular complexity index is 423. The summed E-state index contributed by atoms with van der Waals surface area (Å²) in [6.07, 6.45) is 0.567. The molecule has 1 aromatic rings. The van der Waals surface area contributed by atoms with Crippen molar-refractivity contribution >= 4 is 5.71 Å². The van der Waals surface area contributed by atoms with Crippen LogP contribution in [0.1, 0.15) is 31.9 Å². The number of rotatable bonds is 2. The lowest BCUT2D eigenvalue weighted by atomic mass is 10.00. The second-order valence-corrected chi connectivity index (χ2v) is 4.64. The highest BCUT2D eigenvalue weighted by molar-refractivity contribution is 5.93. The van der Waals surface area contributed by atoms with E-state index in [1.807, 2.05) is 38.1 Å². The predicted octanol–water partition coefficient (Wildman–Crippen LogP) is 2.77. The van der Waals surface area contributed by atoms with Crippen molar-refractivity contribution in [1.82, 2.24) is 0 Å². The molecule has 0 radical (unpaired) electrons. The van der Waals surface area contributed by atoms with Crippen LogP contribution in [0.2, 0.25) is 0 Å². The maximum Gasteiger partial charge on any atom is 0.118 e. The summed E-state index contributed by atoms with van der Waals surface area (Å²) in [6.45, 7) is 3.82. The molecule has 17 heavy (non-hydrogen) atoms. The van der Waals surface area contributed by atoms with Gasteiger partial charge in [0.25, 0.3) is 0 Å². The molecule has 0 bridgehead atoms. The van der Waals surface area contributed by atoms with E-state index in [-0.39, 0.29) is 6.10 Å². The van der Waals surface area contributed by atoms with Crippen LogP contribution < -0.4 is 4.74 Å². The second-order valence-electron chi connectivity index (χ2n) is 4.64. The van der Waals surface area contributed by atoms with Crippen LogP contribution in [0.5, 0.6) is 5.75 Å². The van der Waals surface area contributed by atoms with Gasteiger partial charge < -0.3 is 14.7 Å². The van der Waals surface area contributed by atoms with Gasteiger partial charge in [0.2, 0.25) is 0 Å². The largest absolute Gasteiger partial charge is 0.497 e. The summed E-state index contributed by atoms with van der Waals surface area (Å²) in [5.41, 5.74) is 1.25. The molecule has 0 aliphatic carbocycles. The first kappa shape index (κ1) is 11.9. The van der Waals surface area contributed by atoms with Crippen molar-refractivity contribution in [1.29, 1.82) is 0 Å². The quantitative estimate of drug-likeness (QED) is 0.633. The van der Waals surface area contributed by atoms with E-state index >= 15 is 0 Å². The van der Waals surface area contributed by atoms with E-state index < -0.39 is 5.60 Å². The highest BCUT2D eigenvalue weighted by Gasteiger charge is 2.39. The minimum absolute atomic E-state index is 0.0539. The average Bonchev–Trinajstić information content (AvgIpc) is 2.64. The van der Waals surface area contributed by atoms with Gasteiger partial charge in [-0.3, -0.25) is 0 Å². The molecule has 1 aliphatic heterocycles. The van der Waals surface area contributed by atoms with E-state index in [0.29, 0.717) is 12.1 Å². The monoisotopic (exact) mass is 235 g/mol. The minimum Gasteiger partial charge on any atom is -0.497 e. The summed E-state index contributed by atoms with van der Waals surface area (Å²) in [6, 6.07) is 7.75. The lowest BCUT2D eigenvalue weighted by molar-refractivity contribution is 0.00317. The van der Waals surface area contributed by atoms with Crippen LogP contribution in [-0.2, 0) is 4.74 Å². The molecule has 4 nitrogen and oxygen atoms in total. The van der Waals surface area contributed by atoms with Crippen LogP contribution >= 0.6 is 0 Å². The van der Waals surface area contributed by atoms with E-state index in [1.54, 1.807) is 7.11 Å². The third-order valence-corrected chi connectivity index (χ3v) is 3.12. The average molecular weight is 235 g/mol. The van der Waals surface area contributed by atoms with Crippen molar-refractivity contribution in [2.45, 2.75) is 32.0 Å². The highest BCUT2D eigenvalue weighted by Crippen LogP contribution is 2.37. The molecule has 0 amide bonds. The van der Waals surface area contributed by atoms with Gasteiger partial charge in [0.05, 0.1) is 18.9 Å². The SMILES string of the molecule is COc1ccc(C2CC(=NO)C(C)(C)O2)cc1. The maximum atomic E-state index is 8.94. The second kappa shape index (κ2) is 4.37. The van der Waals surface area contributed by atoms with Crippen molar-refractivity contribution in [2.24, 2.45) is 5.16 Å². The first-order valence-corrected chi connectivity index (χ1v) is 5.60. The van der Waals surface area contributed by atoms with Gasteiger partial charge in [-0.05, 0) is 31.5 Å². The molecule has 0 aromatic heterocycles. The smallest absolute Gasteiger partial charge is 0.118 e. The predicted molar refractivity (Wildman–Crippen MR) is 64.7 cm³/mol. The van der Waals surface area contributed by atoms with Crippen LogP contribution in [0.4, 0.5) is 0 Å². The van der Waals surface area contributed by atoms with Crippen LogP contribution in [-0.4, -0.2) is 23.6 Å². The fourth-order valence-corrected chi connectivity index (χ4v) is 2.05. The molecule has 1 heterocycles. The zero-order valence-corrected chi connectivity index (χ0v) is 10.3. The van der Waals surface area contributed by atoms with E-state index in [9.17, 15) is 0 Å². The van der Waals surface area contributed by atoms with Crippen molar-refractivity contribution in [3.63, 3.8) is 0 Å². The number of ether oxygens (including phenoxy) is 2. The fraction of sp³-hybridized carbons (Fsp3) is 0.462. The number of nitrogens with zero attached hydrogens (tertiary/aromatic N) is 1. The van der Waals surface area contributed by atoms with Crippen molar-refractivity contribution in [3.05, 3.63) is 29.8 Å². The molecule has 1 saturated heterocycles. The standard InChI is InChI=1S/C13H17NO3/c1-13(2)12(14-15)8-11(17-13)9-4-6-10(16-3)7-5-9/h4-7,11,15H,8H2,1-3H3. The van der Waals surface area contributed by atoms with Gasteiger partial charge in [-0.2, -0.15) is 0 Å². The Kier molecular flexibility index (Phi) is 3.07. The molecule has 1 fully saturated rings. The molecule has 92 valence electrons. The van der Waals surface area contributed by atoms with Crippen molar-refractivity contribution in [3.8, 4) is 5.75 Å². The number of oxime groups is 1. The molecule has 2 rings (SSSR count). The molecule has 1 aliphatic rings. The number of hydrogen-bond donors (Lipinski definition) is 1. The molecule has 1 atom stereocenters. The molecule has 4 heteroatoms. The Hall–Kier alpha value is -1.55. The zero-order chi connectivity index (χ0) is 12.5. The van der Waals surface area contributed by atoms with E-state index in [2.05, 4.69) is 5.16 Å². The Morgan fingerprint density at radius 1 is 1.35 bits per heavy atom. The van der Waals surface area contributed by atoms with Gasteiger partial charge in [0.1, 0.15) is 11.4 Å². The third-order valence-electron chi connectivity index (χ3n) is 3.12. The minimum atomic E-state index is -0.501. The Labute approximate surface area is 101 Å². The molecule has 1 unspecified atom stereocenters. The Balaban J connectivity index is 2.19.